The lowest BCUT2D eigenvalue weighted by Gasteiger charge is -2.13. The van der Waals surface area contributed by atoms with Crippen molar-refractivity contribution in [3.63, 3.8) is 0 Å². The number of aryl methyl sites for hydroxylation is 1. The molecule has 0 saturated heterocycles. The van der Waals surface area contributed by atoms with Gasteiger partial charge in [-0.15, -0.1) is 0 Å². The van der Waals surface area contributed by atoms with Crippen LogP contribution < -0.4 is 5.32 Å². The standard InChI is InChI=1S/C9H14ClN3O/c1-6-4-8(13-9(10)12-6)11-7(2)5-14-3/h4,7H,5H2,1-3H3,(H,11,12,13). The molecule has 0 fully saturated rings. The molecule has 1 aromatic rings. The number of methoxy groups -OCH3 is 1. The van der Waals surface area contributed by atoms with E-state index in [0.717, 1.165) is 11.5 Å². The van der Waals surface area contributed by atoms with Gasteiger partial charge in [-0.3, -0.25) is 0 Å². The highest BCUT2D eigenvalue weighted by atomic mass is 35.5. The number of rotatable bonds is 4. The smallest absolute Gasteiger partial charge is 0.224 e. The van der Waals surface area contributed by atoms with E-state index in [9.17, 15) is 0 Å². The van der Waals surface area contributed by atoms with Crippen molar-refractivity contribution in [2.45, 2.75) is 19.9 Å². The molecule has 1 aromatic heterocycles. The van der Waals surface area contributed by atoms with E-state index in [4.69, 9.17) is 16.3 Å². The Kier molecular flexibility index (Phi) is 4.10. The summed E-state index contributed by atoms with van der Waals surface area (Å²) in [5, 5.41) is 3.43. The predicted molar refractivity (Wildman–Crippen MR) is 56.7 cm³/mol. The van der Waals surface area contributed by atoms with E-state index in [2.05, 4.69) is 15.3 Å². The van der Waals surface area contributed by atoms with Crippen LogP contribution in [0.2, 0.25) is 5.28 Å². The monoisotopic (exact) mass is 215 g/mol. The number of hydrogen-bond donors (Lipinski definition) is 1. The van der Waals surface area contributed by atoms with Crippen LogP contribution in [0.4, 0.5) is 5.82 Å². The van der Waals surface area contributed by atoms with Crippen molar-refractivity contribution in [3.8, 4) is 0 Å². The first kappa shape index (κ1) is 11.2. The van der Waals surface area contributed by atoms with Crippen LogP contribution in [0.3, 0.4) is 0 Å². The Morgan fingerprint density at radius 3 is 2.86 bits per heavy atom. The normalized spacial score (nSPS) is 12.6. The molecule has 0 saturated carbocycles. The van der Waals surface area contributed by atoms with Crippen LogP contribution >= 0.6 is 11.6 Å². The molecule has 1 N–H and O–H groups in total. The highest BCUT2D eigenvalue weighted by molar-refractivity contribution is 6.28. The van der Waals surface area contributed by atoms with Crippen LogP contribution in [0.15, 0.2) is 6.07 Å². The van der Waals surface area contributed by atoms with Crippen molar-refractivity contribution in [3.05, 3.63) is 17.0 Å². The van der Waals surface area contributed by atoms with Gasteiger partial charge in [0.2, 0.25) is 5.28 Å². The topological polar surface area (TPSA) is 47.0 Å². The SMILES string of the molecule is COCC(C)Nc1cc(C)nc(Cl)n1. The Morgan fingerprint density at radius 1 is 1.57 bits per heavy atom. The lowest BCUT2D eigenvalue weighted by Crippen LogP contribution is -2.21. The summed E-state index contributed by atoms with van der Waals surface area (Å²) >= 11 is 5.72. The number of halogens is 1. The van der Waals surface area contributed by atoms with Crippen LogP contribution in [0.5, 0.6) is 0 Å². The second-order valence-electron chi connectivity index (χ2n) is 3.16. The minimum atomic E-state index is 0.199. The van der Waals surface area contributed by atoms with E-state index in [-0.39, 0.29) is 11.3 Å². The Labute approximate surface area is 88.7 Å². The zero-order valence-corrected chi connectivity index (χ0v) is 9.30. The van der Waals surface area contributed by atoms with Gasteiger partial charge in [0.1, 0.15) is 5.82 Å². The van der Waals surface area contributed by atoms with Crippen LogP contribution in [0, 0.1) is 6.92 Å². The van der Waals surface area contributed by atoms with E-state index < -0.39 is 0 Å². The van der Waals surface area contributed by atoms with Gasteiger partial charge >= 0.3 is 0 Å². The van der Waals surface area contributed by atoms with Gasteiger partial charge in [0.05, 0.1) is 6.61 Å². The van der Waals surface area contributed by atoms with Gasteiger partial charge < -0.3 is 10.1 Å². The van der Waals surface area contributed by atoms with Gasteiger partial charge in [0, 0.05) is 24.9 Å². The molecule has 1 atom stereocenters. The lowest BCUT2D eigenvalue weighted by atomic mass is 10.3. The Morgan fingerprint density at radius 2 is 2.29 bits per heavy atom. The fraction of sp³-hybridized carbons (Fsp3) is 0.556. The summed E-state index contributed by atoms with van der Waals surface area (Å²) in [6.07, 6.45) is 0. The molecule has 0 aliphatic rings. The summed E-state index contributed by atoms with van der Waals surface area (Å²) in [5.41, 5.74) is 0.845. The summed E-state index contributed by atoms with van der Waals surface area (Å²) < 4.78 is 5.00. The van der Waals surface area contributed by atoms with Crippen LogP contribution in [-0.2, 0) is 4.74 Å². The van der Waals surface area contributed by atoms with E-state index in [1.54, 1.807) is 7.11 Å². The summed E-state index contributed by atoms with van der Waals surface area (Å²) in [6, 6.07) is 2.04. The van der Waals surface area contributed by atoms with Crippen molar-refractivity contribution >= 4 is 17.4 Å². The molecular weight excluding hydrogens is 202 g/mol. The second-order valence-corrected chi connectivity index (χ2v) is 3.50. The molecule has 0 amide bonds. The Hall–Kier alpha value is -0.870. The third kappa shape index (κ3) is 3.47. The molecular formula is C9H14ClN3O. The minimum Gasteiger partial charge on any atom is -0.383 e. The third-order valence-corrected chi connectivity index (χ3v) is 1.81. The van der Waals surface area contributed by atoms with Crippen molar-refractivity contribution in [1.82, 2.24) is 9.97 Å². The summed E-state index contributed by atoms with van der Waals surface area (Å²) in [5.74, 6) is 0.729. The zero-order chi connectivity index (χ0) is 10.6. The molecule has 0 aromatic carbocycles. The Balaban J connectivity index is 2.66. The molecule has 0 spiro atoms. The molecule has 5 heteroatoms. The number of ether oxygens (including phenoxy) is 1. The van der Waals surface area contributed by atoms with Gasteiger partial charge in [-0.1, -0.05) is 0 Å². The fourth-order valence-electron chi connectivity index (χ4n) is 1.15. The lowest BCUT2D eigenvalue weighted by molar-refractivity contribution is 0.190. The number of nitrogens with zero attached hydrogens (tertiary/aromatic N) is 2. The van der Waals surface area contributed by atoms with Gasteiger partial charge in [-0.05, 0) is 25.4 Å². The van der Waals surface area contributed by atoms with Crippen molar-refractivity contribution < 1.29 is 4.74 Å². The maximum absolute atomic E-state index is 5.72. The summed E-state index contributed by atoms with van der Waals surface area (Å²) in [4.78, 5) is 8.01. The van der Waals surface area contributed by atoms with Crippen LogP contribution in [0.1, 0.15) is 12.6 Å². The van der Waals surface area contributed by atoms with Gasteiger partial charge in [-0.2, -0.15) is 0 Å². The molecule has 1 heterocycles. The summed E-state index contributed by atoms with van der Waals surface area (Å²) in [7, 11) is 1.66. The number of aromatic nitrogens is 2. The van der Waals surface area contributed by atoms with Gasteiger partial charge in [-0.25, -0.2) is 9.97 Å². The highest BCUT2D eigenvalue weighted by Crippen LogP contribution is 2.10. The predicted octanol–water partition coefficient (Wildman–Crippen LogP) is 1.89. The van der Waals surface area contributed by atoms with Crippen molar-refractivity contribution in [1.29, 1.82) is 0 Å². The van der Waals surface area contributed by atoms with E-state index in [1.165, 1.54) is 0 Å². The van der Waals surface area contributed by atoms with E-state index >= 15 is 0 Å². The molecule has 14 heavy (non-hydrogen) atoms. The van der Waals surface area contributed by atoms with Gasteiger partial charge in [0.15, 0.2) is 0 Å². The van der Waals surface area contributed by atoms with Crippen molar-refractivity contribution in [2.24, 2.45) is 0 Å². The quantitative estimate of drug-likeness (QED) is 0.780. The Bertz CT molecular complexity index is 286. The zero-order valence-electron chi connectivity index (χ0n) is 8.54. The van der Waals surface area contributed by atoms with E-state index in [0.29, 0.717) is 6.61 Å². The van der Waals surface area contributed by atoms with Crippen molar-refractivity contribution in [2.75, 3.05) is 19.0 Å². The highest BCUT2D eigenvalue weighted by Gasteiger charge is 2.04. The molecule has 4 nitrogen and oxygen atoms in total. The fourth-order valence-corrected chi connectivity index (χ4v) is 1.37. The van der Waals surface area contributed by atoms with E-state index in [1.807, 2.05) is 19.9 Å². The number of hydrogen-bond acceptors (Lipinski definition) is 4. The minimum absolute atomic E-state index is 0.199. The average molecular weight is 216 g/mol. The first-order chi connectivity index (χ1) is 6.61. The molecule has 1 unspecified atom stereocenters. The molecule has 78 valence electrons. The summed E-state index contributed by atoms with van der Waals surface area (Å²) in [6.45, 7) is 4.51. The average Bonchev–Trinajstić information content (AvgIpc) is 2.01. The molecule has 0 aliphatic heterocycles. The number of nitrogens with one attached hydrogen (secondary N) is 1. The second kappa shape index (κ2) is 5.12. The van der Waals surface area contributed by atoms with Gasteiger partial charge in [0.25, 0.3) is 0 Å². The molecule has 0 aliphatic carbocycles. The molecule has 1 rings (SSSR count). The first-order valence-corrected chi connectivity index (χ1v) is 4.76. The maximum Gasteiger partial charge on any atom is 0.224 e. The largest absolute Gasteiger partial charge is 0.383 e. The van der Waals surface area contributed by atoms with Crippen LogP contribution in [-0.4, -0.2) is 29.7 Å². The maximum atomic E-state index is 5.72. The third-order valence-electron chi connectivity index (χ3n) is 1.64. The molecule has 0 radical (unpaired) electrons. The molecule has 0 bridgehead atoms. The first-order valence-electron chi connectivity index (χ1n) is 4.38. The van der Waals surface area contributed by atoms with Crippen LogP contribution in [0.25, 0.3) is 0 Å². The number of anilines is 1.